The molecule has 4 rings (SSSR count). The van der Waals surface area contributed by atoms with E-state index >= 15 is 0 Å². The molecule has 1 aromatic heterocycles. The van der Waals surface area contributed by atoms with Crippen molar-refractivity contribution in [2.75, 3.05) is 13.2 Å². The molecule has 0 fully saturated rings. The maximum Gasteiger partial charge on any atom is 0.252 e. The largest absolute Gasteiger partial charge is 0.490 e. The van der Waals surface area contributed by atoms with Gasteiger partial charge in [-0.25, -0.2) is 4.98 Å². The number of nitrogens with zero attached hydrogens (tertiary/aromatic N) is 2. The zero-order valence-corrected chi connectivity index (χ0v) is 17.4. The van der Waals surface area contributed by atoms with E-state index in [0.29, 0.717) is 25.3 Å². The third kappa shape index (κ3) is 4.48. The van der Waals surface area contributed by atoms with Crippen LogP contribution in [0.3, 0.4) is 0 Å². The number of rotatable bonds is 6. The smallest absolute Gasteiger partial charge is 0.252 e. The van der Waals surface area contributed by atoms with Crippen molar-refractivity contribution in [1.82, 2.24) is 14.9 Å². The van der Waals surface area contributed by atoms with Crippen molar-refractivity contribution < 1.29 is 14.3 Å². The van der Waals surface area contributed by atoms with Crippen LogP contribution in [0.1, 0.15) is 47.8 Å². The zero-order chi connectivity index (χ0) is 20.9. The number of ether oxygens (including phenoxy) is 2. The molecule has 1 amide bonds. The van der Waals surface area contributed by atoms with E-state index in [9.17, 15) is 4.79 Å². The van der Waals surface area contributed by atoms with Crippen LogP contribution in [-0.4, -0.2) is 28.7 Å². The van der Waals surface area contributed by atoms with Gasteiger partial charge < -0.3 is 19.4 Å². The first kappa shape index (κ1) is 20.0. The second-order valence-corrected chi connectivity index (χ2v) is 7.84. The van der Waals surface area contributed by atoms with Gasteiger partial charge in [-0.1, -0.05) is 38.1 Å². The van der Waals surface area contributed by atoms with Crippen molar-refractivity contribution in [2.24, 2.45) is 5.92 Å². The molecule has 30 heavy (non-hydrogen) atoms. The lowest BCUT2D eigenvalue weighted by Crippen LogP contribution is -2.32. The van der Waals surface area contributed by atoms with Crippen molar-refractivity contribution in [3.8, 4) is 11.5 Å². The molecule has 0 spiro atoms. The molecule has 0 aliphatic carbocycles. The number of carbonyl (C=O) groups is 1. The topological polar surface area (TPSA) is 65.4 Å². The van der Waals surface area contributed by atoms with Crippen LogP contribution in [0.25, 0.3) is 0 Å². The third-order valence-corrected chi connectivity index (χ3v) is 5.26. The first-order valence-electron chi connectivity index (χ1n) is 10.4. The van der Waals surface area contributed by atoms with E-state index < -0.39 is 0 Å². The summed E-state index contributed by atoms with van der Waals surface area (Å²) in [5.41, 5.74) is 2.63. The van der Waals surface area contributed by atoms with Gasteiger partial charge in [0.25, 0.3) is 5.91 Å². The maximum absolute atomic E-state index is 13.2. The first-order chi connectivity index (χ1) is 14.6. The van der Waals surface area contributed by atoms with E-state index in [-0.39, 0.29) is 17.9 Å². The number of hydrogen-bond donors (Lipinski definition) is 1. The van der Waals surface area contributed by atoms with Crippen LogP contribution in [0.4, 0.5) is 0 Å². The minimum absolute atomic E-state index is 0.0865. The Morgan fingerprint density at radius 1 is 1.13 bits per heavy atom. The summed E-state index contributed by atoms with van der Waals surface area (Å²) in [7, 11) is 0. The lowest BCUT2D eigenvalue weighted by atomic mass is 9.94. The molecule has 1 atom stereocenters. The Kier molecular flexibility index (Phi) is 6.02. The minimum Gasteiger partial charge on any atom is -0.490 e. The second kappa shape index (κ2) is 9.03. The van der Waals surface area contributed by atoms with Gasteiger partial charge in [-0.05, 0) is 35.2 Å². The predicted molar refractivity (Wildman–Crippen MR) is 115 cm³/mol. The Morgan fingerprint density at radius 2 is 1.93 bits per heavy atom. The Hall–Kier alpha value is -3.28. The van der Waals surface area contributed by atoms with Gasteiger partial charge in [0.1, 0.15) is 0 Å². The molecule has 1 unspecified atom stereocenters. The number of carbonyl (C=O) groups excluding carboxylic acids is 1. The van der Waals surface area contributed by atoms with E-state index in [0.717, 1.165) is 29.0 Å². The Balaban J connectivity index is 1.57. The fourth-order valence-corrected chi connectivity index (χ4v) is 3.68. The maximum atomic E-state index is 13.2. The van der Waals surface area contributed by atoms with Gasteiger partial charge in [-0.15, -0.1) is 0 Å². The van der Waals surface area contributed by atoms with Crippen molar-refractivity contribution in [1.29, 1.82) is 0 Å². The predicted octanol–water partition coefficient (Wildman–Crippen LogP) is 4.22. The number of aromatic nitrogens is 2. The number of hydrogen-bond acceptors (Lipinski definition) is 4. The van der Waals surface area contributed by atoms with Gasteiger partial charge in [-0.2, -0.15) is 0 Å². The summed E-state index contributed by atoms with van der Waals surface area (Å²) >= 11 is 0. The molecule has 1 N–H and O–H groups in total. The summed E-state index contributed by atoms with van der Waals surface area (Å²) in [6, 6.07) is 13.5. The normalized spacial score (nSPS) is 14.2. The van der Waals surface area contributed by atoms with Crippen LogP contribution < -0.4 is 14.8 Å². The summed E-state index contributed by atoms with van der Waals surface area (Å²) < 4.78 is 13.5. The van der Waals surface area contributed by atoms with E-state index in [1.807, 2.05) is 53.2 Å². The van der Waals surface area contributed by atoms with Crippen LogP contribution in [0.15, 0.2) is 61.2 Å². The highest BCUT2D eigenvalue weighted by atomic mass is 16.5. The van der Waals surface area contributed by atoms with Gasteiger partial charge in [0.05, 0.1) is 25.6 Å². The van der Waals surface area contributed by atoms with Crippen LogP contribution >= 0.6 is 0 Å². The number of fused-ring (bicyclic) bond motifs is 1. The Bertz CT molecular complexity index is 999. The van der Waals surface area contributed by atoms with Crippen molar-refractivity contribution in [3.05, 3.63) is 77.9 Å². The fourth-order valence-electron chi connectivity index (χ4n) is 3.68. The van der Waals surface area contributed by atoms with Gasteiger partial charge in [0, 0.05) is 30.9 Å². The molecule has 6 heteroatoms. The molecule has 0 saturated heterocycles. The molecule has 1 aliphatic heterocycles. The number of nitrogens with one attached hydrogen (secondary N) is 1. The average molecular weight is 405 g/mol. The van der Waals surface area contributed by atoms with Gasteiger partial charge in [0.15, 0.2) is 11.5 Å². The summed E-state index contributed by atoms with van der Waals surface area (Å²) in [5, 5.41) is 3.23. The van der Waals surface area contributed by atoms with E-state index in [1.165, 1.54) is 0 Å². The minimum atomic E-state index is -0.143. The van der Waals surface area contributed by atoms with Crippen LogP contribution in [-0.2, 0) is 6.54 Å². The summed E-state index contributed by atoms with van der Waals surface area (Å²) in [4.78, 5) is 17.3. The molecule has 6 nitrogen and oxygen atoms in total. The molecular weight excluding hydrogens is 378 g/mol. The highest BCUT2D eigenvalue weighted by Gasteiger charge is 2.22. The molecule has 0 radical (unpaired) electrons. The fraction of sp³-hybridized carbons (Fsp3) is 0.333. The average Bonchev–Trinajstić information content (AvgIpc) is 3.14. The van der Waals surface area contributed by atoms with E-state index in [4.69, 9.17) is 9.47 Å². The number of amides is 1. The molecule has 0 bridgehead atoms. The Morgan fingerprint density at radius 3 is 2.70 bits per heavy atom. The van der Waals surface area contributed by atoms with Crippen molar-refractivity contribution in [2.45, 2.75) is 32.9 Å². The second-order valence-electron chi connectivity index (χ2n) is 7.84. The van der Waals surface area contributed by atoms with Crippen molar-refractivity contribution in [3.63, 3.8) is 0 Å². The van der Waals surface area contributed by atoms with Crippen LogP contribution in [0, 0.1) is 5.92 Å². The molecule has 2 aromatic carbocycles. The van der Waals surface area contributed by atoms with Gasteiger partial charge >= 0.3 is 0 Å². The molecule has 0 saturated carbocycles. The monoisotopic (exact) mass is 405 g/mol. The van der Waals surface area contributed by atoms with E-state index in [1.54, 1.807) is 12.5 Å². The SMILES string of the molecule is CC(C)C(NC(=O)c1ccccc1Cn1ccnc1)c1ccc2c(c1)OCCCO2. The zero-order valence-electron chi connectivity index (χ0n) is 17.4. The van der Waals surface area contributed by atoms with Crippen molar-refractivity contribution >= 4 is 5.91 Å². The summed E-state index contributed by atoms with van der Waals surface area (Å²) in [5.74, 6) is 1.62. The lowest BCUT2D eigenvalue weighted by Gasteiger charge is -2.24. The van der Waals surface area contributed by atoms with E-state index in [2.05, 4.69) is 24.1 Å². The van der Waals surface area contributed by atoms with Gasteiger partial charge in [0.2, 0.25) is 0 Å². The highest BCUT2D eigenvalue weighted by molar-refractivity contribution is 5.96. The number of imidazole rings is 1. The Labute approximate surface area is 176 Å². The standard InChI is InChI=1S/C24H27N3O3/c1-17(2)23(18-8-9-21-22(14-18)30-13-5-12-29-21)26-24(28)20-7-4-3-6-19(20)15-27-11-10-25-16-27/h3-4,6-11,14,16-17,23H,5,12-13,15H2,1-2H3,(H,26,28). The molecular formula is C24H27N3O3. The summed E-state index contributed by atoms with van der Waals surface area (Å²) in [6.07, 6.45) is 6.25. The van der Waals surface area contributed by atoms with Crippen LogP contribution in [0.5, 0.6) is 11.5 Å². The lowest BCUT2D eigenvalue weighted by molar-refractivity contribution is 0.0924. The summed E-state index contributed by atoms with van der Waals surface area (Å²) in [6.45, 7) is 6.10. The molecule has 1 aliphatic rings. The van der Waals surface area contributed by atoms with Crippen LogP contribution in [0.2, 0.25) is 0 Å². The molecule has 156 valence electrons. The van der Waals surface area contributed by atoms with Gasteiger partial charge in [-0.3, -0.25) is 4.79 Å². The quantitative estimate of drug-likeness (QED) is 0.667. The molecule has 2 heterocycles. The molecule has 3 aromatic rings. The first-order valence-corrected chi connectivity index (χ1v) is 10.4. The highest BCUT2D eigenvalue weighted by Crippen LogP contribution is 2.34. The third-order valence-electron chi connectivity index (χ3n) is 5.26. The number of benzene rings is 2.